The number of rotatable bonds is 5. The van der Waals surface area contributed by atoms with Crippen molar-refractivity contribution >= 4 is 11.8 Å². The SMILES string of the molecule is CC(NC(=O)C1CC(=O)N(Cc2cccc(C(F)(F)F)c2)C1)C1CC2CCC1C2. The van der Waals surface area contributed by atoms with E-state index in [0.29, 0.717) is 17.4 Å². The number of likely N-dealkylation sites (tertiary alicyclic amines) is 1. The smallest absolute Gasteiger partial charge is 0.353 e. The normalized spacial score (nSPS) is 30.1. The van der Waals surface area contributed by atoms with Crippen LogP contribution < -0.4 is 5.32 Å². The fraction of sp³-hybridized carbons (Fsp3) is 0.636. The second kappa shape index (κ2) is 7.65. The van der Waals surface area contributed by atoms with Crippen molar-refractivity contribution in [2.75, 3.05) is 6.54 Å². The fourth-order valence-electron chi connectivity index (χ4n) is 5.52. The molecule has 0 aromatic heterocycles. The highest BCUT2D eigenvalue weighted by atomic mass is 19.4. The Morgan fingerprint density at radius 3 is 2.72 bits per heavy atom. The van der Waals surface area contributed by atoms with Gasteiger partial charge in [0.05, 0.1) is 11.5 Å². The number of amides is 2. The van der Waals surface area contributed by atoms with Crippen LogP contribution >= 0.6 is 0 Å². The van der Waals surface area contributed by atoms with Crippen LogP contribution in [0.25, 0.3) is 0 Å². The van der Waals surface area contributed by atoms with Gasteiger partial charge in [-0.3, -0.25) is 9.59 Å². The van der Waals surface area contributed by atoms with Gasteiger partial charge in [0.2, 0.25) is 11.8 Å². The Labute approximate surface area is 168 Å². The summed E-state index contributed by atoms with van der Waals surface area (Å²) in [7, 11) is 0. The van der Waals surface area contributed by atoms with Crippen LogP contribution in [0.1, 0.15) is 50.2 Å². The van der Waals surface area contributed by atoms with Crippen molar-refractivity contribution in [3.8, 4) is 0 Å². The Morgan fingerprint density at radius 2 is 2.07 bits per heavy atom. The van der Waals surface area contributed by atoms with Gasteiger partial charge in [-0.1, -0.05) is 18.6 Å². The second-order valence-corrected chi connectivity index (χ2v) is 9.01. The molecule has 2 saturated carbocycles. The van der Waals surface area contributed by atoms with Gasteiger partial charge in [-0.15, -0.1) is 0 Å². The predicted molar refractivity (Wildman–Crippen MR) is 102 cm³/mol. The molecule has 29 heavy (non-hydrogen) atoms. The van der Waals surface area contributed by atoms with Crippen molar-refractivity contribution in [3.05, 3.63) is 35.4 Å². The summed E-state index contributed by atoms with van der Waals surface area (Å²) in [6, 6.07) is 5.11. The number of hydrogen-bond acceptors (Lipinski definition) is 2. The van der Waals surface area contributed by atoms with E-state index in [1.807, 2.05) is 0 Å². The van der Waals surface area contributed by atoms with Gasteiger partial charge < -0.3 is 10.2 Å². The second-order valence-electron chi connectivity index (χ2n) is 9.01. The van der Waals surface area contributed by atoms with E-state index in [1.165, 1.54) is 36.6 Å². The van der Waals surface area contributed by atoms with Gasteiger partial charge in [-0.05, 0) is 61.6 Å². The molecule has 1 aliphatic heterocycles. The van der Waals surface area contributed by atoms with E-state index in [1.54, 1.807) is 6.07 Å². The van der Waals surface area contributed by atoms with Crippen molar-refractivity contribution < 1.29 is 22.8 Å². The highest BCUT2D eigenvalue weighted by Crippen LogP contribution is 2.49. The van der Waals surface area contributed by atoms with Crippen molar-refractivity contribution in [2.24, 2.45) is 23.7 Å². The zero-order chi connectivity index (χ0) is 20.8. The van der Waals surface area contributed by atoms with Gasteiger partial charge in [-0.25, -0.2) is 0 Å². The molecule has 3 aliphatic rings. The number of nitrogens with zero attached hydrogens (tertiary/aromatic N) is 1. The third-order valence-corrected chi connectivity index (χ3v) is 7.02. The van der Waals surface area contributed by atoms with Crippen LogP contribution in [-0.2, 0) is 22.3 Å². The number of halogens is 3. The molecular weight excluding hydrogens is 381 g/mol. The zero-order valence-electron chi connectivity index (χ0n) is 16.5. The molecule has 1 aromatic rings. The molecule has 0 spiro atoms. The molecule has 5 atom stereocenters. The third-order valence-electron chi connectivity index (χ3n) is 7.02. The van der Waals surface area contributed by atoms with E-state index >= 15 is 0 Å². The lowest BCUT2D eigenvalue weighted by Gasteiger charge is -2.29. The highest BCUT2D eigenvalue weighted by molar-refractivity contribution is 5.89. The first kappa shape index (κ1) is 20.2. The van der Waals surface area contributed by atoms with Gasteiger partial charge in [0, 0.05) is 25.6 Å². The molecule has 1 N–H and O–H groups in total. The summed E-state index contributed by atoms with van der Waals surface area (Å²) in [4.78, 5) is 26.5. The molecule has 158 valence electrons. The van der Waals surface area contributed by atoms with Gasteiger partial charge in [0.25, 0.3) is 0 Å². The Hall–Kier alpha value is -2.05. The maximum atomic E-state index is 12.9. The van der Waals surface area contributed by atoms with Crippen LogP contribution in [0, 0.1) is 23.7 Å². The Bertz CT molecular complexity index is 795. The molecule has 5 unspecified atom stereocenters. The zero-order valence-corrected chi connectivity index (χ0v) is 16.5. The number of benzene rings is 1. The van der Waals surface area contributed by atoms with Crippen LogP contribution in [0.5, 0.6) is 0 Å². The monoisotopic (exact) mass is 408 g/mol. The molecule has 4 rings (SSSR count). The van der Waals surface area contributed by atoms with Crippen LogP contribution in [0.15, 0.2) is 24.3 Å². The van der Waals surface area contributed by atoms with E-state index in [-0.39, 0.29) is 37.4 Å². The summed E-state index contributed by atoms with van der Waals surface area (Å²) in [5.41, 5.74) is -0.305. The van der Waals surface area contributed by atoms with Crippen LogP contribution in [-0.4, -0.2) is 29.3 Å². The molecule has 0 radical (unpaired) electrons. The van der Waals surface area contributed by atoms with Crippen LogP contribution in [0.4, 0.5) is 13.2 Å². The van der Waals surface area contributed by atoms with Crippen molar-refractivity contribution in [1.82, 2.24) is 10.2 Å². The number of carbonyl (C=O) groups is 2. The number of nitrogens with one attached hydrogen (secondary N) is 1. The molecule has 4 nitrogen and oxygen atoms in total. The summed E-state index contributed by atoms with van der Waals surface area (Å²) in [6.45, 7) is 2.40. The topological polar surface area (TPSA) is 49.4 Å². The van der Waals surface area contributed by atoms with Crippen molar-refractivity contribution in [1.29, 1.82) is 0 Å². The number of alkyl halides is 3. The van der Waals surface area contributed by atoms with Gasteiger partial charge in [-0.2, -0.15) is 13.2 Å². The molecule has 1 aromatic carbocycles. The first-order valence-corrected chi connectivity index (χ1v) is 10.4. The fourth-order valence-corrected chi connectivity index (χ4v) is 5.52. The lowest BCUT2D eigenvalue weighted by atomic mass is 9.84. The first-order valence-electron chi connectivity index (χ1n) is 10.4. The Balaban J connectivity index is 1.33. The minimum Gasteiger partial charge on any atom is -0.353 e. The first-order chi connectivity index (χ1) is 13.7. The molecule has 2 bridgehead atoms. The average molecular weight is 408 g/mol. The lowest BCUT2D eigenvalue weighted by Crippen LogP contribution is -2.43. The summed E-state index contributed by atoms with van der Waals surface area (Å²) in [5, 5.41) is 3.12. The molecule has 1 heterocycles. The number of carbonyl (C=O) groups excluding carboxylic acids is 2. The minimum absolute atomic E-state index is 0.0917. The van der Waals surface area contributed by atoms with Crippen molar-refractivity contribution in [2.45, 2.75) is 57.8 Å². The van der Waals surface area contributed by atoms with Crippen LogP contribution in [0.2, 0.25) is 0 Å². The molecular formula is C22H27F3N2O2. The average Bonchev–Trinajstić information content (AvgIpc) is 3.38. The van der Waals surface area contributed by atoms with Crippen molar-refractivity contribution in [3.63, 3.8) is 0 Å². The largest absolute Gasteiger partial charge is 0.416 e. The van der Waals surface area contributed by atoms with Gasteiger partial charge in [0.1, 0.15) is 0 Å². The highest BCUT2D eigenvalue weighted by Gasteiger charge is 2.43. The number of hydrogen-bond donors (Lipinski definition) is 1. The summed E-state index contributed by atoms with van der Waals surface area (Å²) < 4.78 is 38.7. The van der Waals surface area contributed by atoms with E-state index in [0.717, 1.165) is 18.1 Å². The minimum atomic E-state index is -4.41. The van der Waals surface area contributed by atoms with Gasteiger partial charge >= 0.3 is 6.18 Å². The standard InChI is InChI=1S/C22H27F3N2O2/c1-13(19-9-14-5-6-16(19)7-14)26-21(29)17-10-20(28)27(12-17)11-15-3-2-4-18(8-15)22(23,24)25/h2-4,8,13-14,16-17,19H,5-7,9-12H2,1H3,(H,26,29). The summed E-state index contributed by atoms with van der Waals surface area (Å²) in [5.74, 6) is 1.30. The molecule has 1 saturated heterocycles. The number of fused-ring (bicyclic) bond motifs is 2. The molecule has 3 fully saturated rings. The molecule has 7 heteroatoms. The van der Waals surface area contributed by atoms with E-state index in [2.05, 4.69) is 12.2 Å². The lowest BCUT2D eigenvalue weighted by molar-refractivity contribution is -0.137. The summed E-state index contributed by atoms with van der Waals surface area (Å²) >= 11 is 0. The van der Waals surface area contributed by atoms with E-state index < -0.39 is 17.7 Å². The van der Waals surface area contributed by atoms with Gasteiger partial charge in [0.15, 0.2) is 0 Å². The van der Waals surface area contributed by atoms with E-state index in [4.69, 9.17) is 0 Å². The maximum Gasteiger partial charge on any atom is 0.416 e. The quantitative estimate of drug-likeness (QED) is 0.801. The molecule has 2 amide bonds. The van der Waals surface area contributed by atoms with Crippen LogP contribution in [0.3, 0.4) is 0 Å². The maximum absolute atomic E-state index is 12.9. The Morgan fingerprint density at radius 1 is 1.28 bits per heavy atom. The third kappa shape index (κ3) is 4.28. The Kier molecular flexibility index (Phi) is 5.34. The predicted octanol–water partition coefficient (Wildman–Crippen LogP) is 3.99. The summed E-state index contributed by atoms with van der Waals surface area (Å²) in [6.07, 6.45) is 0.720. The van der Waals surface area contributed by atoms with E-state index in [9.17, 15) is 22.8 Å². The molecule has 2 aliphatic carbocycles.